The average Bonchev–Trinajstić information content (AvgIpc) is 3.36. The van der Waals surface area contributed by atoms with Gasteiger partial charge in [-0.2, -0.15) is 0 Å². The third-order valence-corrected chi connectivity index (χ3v) is 12.6. The van der Waals surface area contributed by atoms with Gasteiger partial charge in [-0.05, 0) is 134 Å². The maximum atomic E-state index is 6.73. The Morgan fingerprint density at radius 3 is 1.23 bits per heavy atom. The number of anilines is 6. The fraction of sp³-hybridized carbons (Fsp3) is 0.0323. The lowest BCUT2D eigenvalue weighted by atomic mass is 9.96. The van der Waals surface area contributed by atoms with Crippen LogP contribution in [0, 0.1) is 0 Å². The van der Waals surface area contributed by atoms with Crippen LogP contribution in [0.3, 0.4) is 0 Å². The molecule has 0 radical (unpaired) electrons. The first kappa shape index (κ1) is 39.6. The van der Waals surface area contributed by atoms with E-state index in [1.165, 1.54) is 43.1 Å². The van der Waals surface area contributed by atoms with E-state index < -0.39 is 0 Å². The minimum atomic E-state index is -0.171. The summed E-state index contributed by atoms with van der Waals surface area (Å²) >= 11 is 0. The van der Waals surface area contributed by atoms with Crippen molar-refractivity contribution in [1.29, 1.82) is 0 Å². The summed E-state index contributed by atoms with van der Waals surface area (Å²) in [5.74, 6) is 0. The van der Waals surface area contributed by atoms with Crippen molar-refractivity contribution >= 4 is 88.9 Å². The number of hydrogen-bond acceptors (Lipinski definition) is 3. The van der Waals surface area contributed by atoms with Crippen LogP contribution in [-0.4, -0.2) is 6.04 Å². The smallest absolute Gasteiger partial charge is 0.0540 e. The number of nitrogens with zero attached hydrogens (tertiary/aromatic N) is 2. The first-order chi connectivity index (χ1) is 32.0. The third kappa shape index (κ3) is 7.80. The molecule has 2 N–H and O–H groups in total. The summed E-state index contributed by atoms with van der Waals surface area (Å²) in [6.07, 6.45) is 2.23. The van der Waals surface area contributed by atoms with Gasteiger partial charge in [-0.25, -0.2) is 0 Å². The van der Waals surface area contributed by atoms with Crippen LogP contribution in [0.1, 0.15) is 18.1 Å². The molecule has 0 saturated carbocycles. The first-order valence-corrected chi connectivity index (χ1v) is 22.4. The Bertz CT molecular complexity index is 3500. The van der Waals surface area contributed by atoms with Crippen LogP contribution in [0.2, 0.25) is 0 Å². The molecular weight excluding hydrogens is 787 g/mol. The molecule has 65 heavy (non-hydrogen) atoms. The summed E-state index contributed by atoms with van der Waals surface area (Å²) in [7, 11) is 0. The van der Waals surface area contributed by atoms with E-state index in [0.717, 1.165) is 62.0 Å². The Hall–Kier alpha value is -8.24. The molecule has 11 aromatic carbocycles. The number of nitrogens with two attached hydrogens (primary N) is 1. The van der Waals surface area contributed by atoms with Crippen molar-refractivity contribution in [3.8, 4) is 11.1 Å². The lowest BCUT2D eigenvalue weighted by Crippen LogP contribution is -2.17. The molecule has 0 heterocycles. The van der Waals surface area contributed by atoms with E-state index in [1.807, 2.05) is 0 Å². The highest BCUT2D eigenvalue weighted by Crippen LogP contribution is 2.42. The normalized spacial score (nSPS) is 12.2. The molecule has 0 aromatic heterocycles. The molecule has 3 nitrogen and oxygen atoms in total. The molecule has 0 aliphatic heterocycles. The summed E-state index contributed by atoms with van der Waals surface area (Å²) in [5.41, 5.74) is 19.0. The van der Waals surface area contributed by atoms with Gasteiger partial charge >= 0.3 is 0 Å². The van der Waals surface area contributed by atoms with Gasteiger partial charge in [-0.3, -0.25) is 0 Å². The van der Waals surface area contributed by atoms with Gasteiger partial charge in [0.25, 0.3) is 0 Å². The number of rotatable bonds is 10. The van der Waals surface area contributed by atoms with Crippen molar-refractivity contribution in [3.63, 3.8) is 0 Å². The molecule has 1 unspecified atom stereocenters. The van der Waals surface area contributed by atoms with Gasteiger partial charge in [-0.15, -0.1) is 0 Å². The summed E-state index contributed by atoms with van der Waals surface area (Å²) in [6.45, 7) is 2.06. The van der Waals surface area contributed by atoms with E-state index in [9.17, 15) is 0 Å². The van der Waals surface area contributed by atoms with Crippen molar-refractivity contribution in [3.05, 3.63) is 254 Å². The van der Waals surface area contributed by atoms with Gasteiger partial charge in [0, 0.05) is 39.6 Å². The summed E-state index contributed by atoms with van der Waals surface area (Å²) < 4.78 is 0. The summed E-state index contributed by atoms with van der Waals surface area (Å²) in [6, 6.07) is 87.2. The molecule has 0 bridgehead atoms. The Balaban J connectivity index is 0.894. The first-order valence-electron chi connectivity index (χ1n) is 22.4. The van der Waals surface area contributed by atoms with Gasteiger partial charge in [0.2, 0.25) is 0 Å². The second-order valence-corrected chi connectivity index (χ2v) is 16.8. The Labute approximate surface area is 380 Å². The van der Waals surface area contributed by atoms with E-state index in [-0.39, 0.29) is 6.04 Å². The van der Waals surface area contributed by atoms with Crippen LogP contribution in [0.25, 0.3) is 65.9 Å². The zero-order valence-corrected chi connectivity index (χ0v) is 36.2. The highest BCUT2D eigenvalue weighted by Gasteiger charge is 2.18. The number of fused-ring (bicyclic) bond motifs is 4. The second-order valence-electron chi connectivity index (χ2n) is 16.8. The molecule has 0 saturated heterocycles. The molecule has 0 fully saturated rings. The maximum absolute atomic E-state index is 6.73. The Morgan fingerprint density at radius 2 is 0.754 bits per heavy atom. The van der Waals surface area contributed by atoms with Crippen LogP contribution < -0.4 is 15.5 Å². The highest BCUT2D eigenvalue weighted by molar-refractivity contribution is 6.02. The molecule has 0 amide bonds. The van der Waals surface area contributed by atoms with Crippen LogP contribution in [-0.2, 0) is 0 Å². The van der Waals surface area contributed by atoms with Gasteiger partial charge in [0.1, 0.15) is 0 Å². The van der Waals surface area contributed by atoms with Crippen LogP contribution in [0.15, 0.2) is 243 Å². The minimum Gasteiger partial charge on any atom is -0.324 e. The standard InChI is InChI=1S/C62H47N3/c1-43(63)60(51-32-36-55(37-33-51)65(57-39-31-46-13-3-5-17-53(46)42-57)62-23-11-19-50-15-7-9-21-59(50)62)40-44-24-26-47(27-25-44)48-28-34-54(35-29-48)64(56-38-30-45-12-2-4-16-52(45)41-56)61-22-10-18-49-14-6-8-20-58(49)61/h2-43H,63H2,1H3. The largest absolute Gasteiger partial charge is 0.324 e. The van der Waals surface area contributed by atoms with Gasteiger partial charge in [0.15, 0.2) is 0 Å². The number of hydrogen-bond donors (Lipinski definition) is 1. The van der Waals surface area contributed by atoms with Gasteiger partial charge in [0.05, 0.1) is 11.4 Å². The predicted molar refractivity (Wildman–Crippen MR) is 279 cm³/mol. The highest BCUT2D eigenvalue weighted by atomic mass is 15.1. The second kappa shape index (κ2) is 17.1. The van der Waals surface area contributed by atoms with Gasteiger partial charge in [-0.1, -0.05) is 182 Å². The Kier molecular flexibility index (Phi) is 10.4. The molecule has 310 valence electrons. The molecule has 11 rings (SSSR count). The average molecular weight is 834 g/mol. The summed E-state index contributed by atoms with van der Waals surface area (Å²) in [4.78, 5) is 4.74. The lowest BCUT2D eigenvalue weighted by Gasteiger charge is -2.27. The maximum Gasteiger partial charge on any atom is 0.0540 e. The van der Waals surface area contributed by atoms with E-state index in [4.69, 9.17) is 5.73 Å². The van der Waals surface area contributed by atoms with E-state index in [1.54, 1.807) is 0 Å². The molecule has 0 aliphatic rings. The van der Waals surface area contributed by atoms with Crippen molar-refractivity contribution < 1.29 is 0 Å². The zero-order valence-electron chi connectivity index (χ0n) is 36.2. The molecule has 11 aromatic rings. The van der Waals surface area contributed by atoms with Crippen LogP contribution in [0.5, 0.6) is 0 Å². The van der Waals surface area contributed by atoms with E-state index in [0.29, 0.717) is 0 Å². The topological polar surface area (TPSA) is 32.5 Å². The molecular formula is C62H47N3. The molecule has 3 heteroatoms. The third-order valence-electron chi connectivity index (χ3n) is 12.6. The SMILES string of the molecule is CC(N)C(=Cc1ccc(-c2ccc(N(c3ccc4ccccc4c3)c3cccc4ccccc34)cc2)cc1)c1ccc(N(c2ccc3ccccc3c2)c2cccc3ccccc23)cc1. The van der Waals surface area contributed by atoms with Crippen molar-refractivity contribution in [2.24, 2.45) is 5.73 Å². The predicted octanol–water partition coefficient (Wildman–Crippen LogP) is 16.8. The van der Waals surface area contributed by atoms with E-state index >= 15 is 0 Å². The summed E-state index contributed by atoms with van der Waals surface area (Å²) in [5, 5.41) is 9.70. The Morgan fingerprint density at radius 1 is 0.369 bits per heavy atom. The van der Waals surface area contributed by atoms with Crippen LogP contribution in [0.4, 0.5) is 34.1 Å². The molecule has 0 aliphatic carbocycles. The van der Waals surface area contributed by atoms with Crippen molar-refractivity contribution in [2.45, 2.75) is 13.0 Å². The van der Waals surface area contributed by atoms with E-state index in [2.05, 4.69) is 265 Å². The minimum absolute atomic E-state index is 0.171. The number of benzene rings is 11. The monoisotopic (exact) mass is 833 g/mol. The quantitative estimate of drug-likeness (QED) is 0.139. The molecule has 0 spiro atoms. The zero-order chi connectivity index (χ0) is 43.7. The van der Waals surface area contributed by atoms with Crippen molar-refractivity contribution in [2.75, 3.05) is 9.80 Å². The fourth-order valence-corrected chi connectivity index (χ4v) is 9.33. The van der Waals surface area contributed by atoms with Crippen LogP contribution >= 0.6 is 0 Å². The van der Waals surface area contributed by atoms with Gasteiger partial charge < -0.3 is 15.5 Å². The lowest BCUT2D eigenvalue weighted by molar-refractivity contribution is 0.950. The fourth-order valence-electron chi connectivity index (χ4n) is 9.33. The molecule has 1 atom stereocenters. The van der Waals surface area contributed by atoms with Crippen molar-refractivity contribution in [1.82, 2.24) is 0 Å².